The third-order valence-corrected chi connectivity index (χ3v) is 8.39. The van der Waals surface area contributed by atoms with Crippen molar-refractivity contribution in [3.63, 3.8) is 0 Å². The van der Waals surface area contributed by atoms with E-state index in [1.165, 1.54) is 101 Å². The number of para-hydroxylation sites is 1. The second-order valence-corrected chi connectivity index (χ2v) is 11.3. The van der Waals surface area contributed by atoms with E-state index in [0.29, 0.717) is 0 Å². The van der Waals surface area contributed by atoms with Crippen molar-refractivity contribution < 1.29 is 5.11 Å². The lowest BCUT2D eigenvalue weighted by Crippen LogP contribution is -2.09. The van der Waals surface area contributed by atoms with Gasteiger partial charge in [0.05, 0.1) is 16.3 Å². The van der Waals surface area contributed by atoms with E-state index in [0.717, 1.165) is 28.5 Å². The largest absolute Gasteiger partial charge is 0.392 e. The van der Waals surface area contributed by atoms with Crippen molar-refractivity contribution in [2.45, 2.75) is 127 Å². The number of benzene rings is 1. The zero-order valence-corrected chi connectivity index (χ0v) is 21.5. The van der Waals surface area contributed by atoms with Gasteiger partial charge in [-0.1, -0.05) is 134 Å². The van der Waals surface area contributed by atoms with E-state index in [1.54, 1.807) is 23.1 Å². The number of rotatable bonds is 20. The van der Waals surface area contributed by atoms with Crippen LogP contribution in [0.25, 0.3) is 10.2 Å². The van der Waals surface area contributed by atoms with Gasteiger partial charge in [0.25, 0.3) is 0 Å². The number of thioether (sulfide) groups is 1. The summed E-state index contributed by atoms with van der Waals surface area (Å²) in [6.07, 6.45) is 23.0. The maximum absolute atomic E-state index is 10.3. The number of thiazole rings is 1. The molecule has 1 atom stereocenters. The molecule has 1 unspecified atom stereocenters. The monoisotopic (exact) mass is 463 g/mol. The Hall–Kier alpha value is -0.580. The van der Waals surface area contributed by atoms with Gasteiger partial charge in [0.2, 0.25) is 0 Å². The summed E-state index contributed by atoms with van der Waals surface area (Å²) in [5.74, 6) is 0.762. The summed E-state index contributed by atoms with van der Waals surface area (Å²) < 4.78 is 2.31. The molecule has 31 heavy (non-hydrogen) atoms. The molecule has 0 fully saturated rings. The molecule has 1 aromatic heterocycles. The highest BCUT2D eigenvalue weighted by Crippen LogP contribution is 2.30. The maximum Gasteiger partial charge on any atom is 0.151 e. The van der Waals surface area contributed by atoms with E-state index in [-0.39, 0.29) is 6.10 Å². The van der Waals surface area contributed by atoms with E-state index in [4.69, 9.17) is 0 Å². The molecule has 0 bridgehead atoms. The van der Waals surface area contributed by atoms with Crippen LogP contribution in [-0.4, -0.2) is 21.9 Å². The Kier molecular flexibility index (Phi) is 15.4. The number of hydrogen-bond acceptors (Lipinski definition) is 4. The minimum atomic E-state index is -0.205. The molecule has 0 saturated carbocycles. The molecule has 1 N–H and O–H groups in total. The first-order valence-corrected chi connectivity index (χ1v) is 14.8. The lowest BCUT2D eigenvalue weighted by atomic mass is 10.0. The molecule has 176 valence electrons. The third-order valence-electron chi connectivity index (χ3n) is 6.06. The number of aliphatic hydroxyl groups is 1. The molecule has 0 aliphatic heterocycles. The van der Waals surface area contributed by atoms with Crippen LogP contribution in [0.15, 0.2) is 28.6 Å². The lowest BCUT2D eigenvalue weighted by Gasteiger charge is -2.09. The van der Waals surface area contributed by atoms with Crippen molar-refractivity contribution in [1.29, 1.82) is 0 Å². The Morgan fingerprint density at radius 3 is 1.84 bits per heavy atom. The molecular weight excluding hydrogens is 418 g/mol. The van der Waals surface area contributed by atoms with Crippen LogP contribution >= 0.6 is 23.1 Å². The minimum absolute atomic E-state index is 0.205. The summed E-state index contributed by atoms with van der Waals surface area (Å²) in [7, 11) is 0. The number of unbranched alkanes of at least 4 members (excludes halogenated alkanes) is 15. The molecule has 0 amide bonds. The van der Waals surface area contributed by atoms with Gasteiger partial charge in [-0.3, -0.25) is 0 Å². The number of fused-ring (bicyclic) bond motifs is 1. The summed E-state index contributed by atoms with van der Waals surface area (Å²) in [6.45, 7) is 2.29. The van der Waals surface area contributed by atoms with Gasteiger partial charge < -0.3 is 5.11 Å². The molecule has 2 nitrogen and oxygen atoms in total. The fourth-order valence-corrected chi connectivity index (χ4v) is 6.16. The van der Waals surface area contributed by atoms with Crippen molar-refractivity contribution in [3.8, 4) is 0 Å². The first-order valence-electron chi connectivity index (χ1n) is 13.0. The van der Waals surface area contributed by atoms with Crippen molar-refractivity contribution in [1.82, 2.24) is 4.98 Å². The fourth-order valence-electron chi connectivity index (χ4n) is 4.09. The molecule has 0 saturated heterocycles. The molecule has 0 radical (unpaired) electrons. The first kappa shape index (κ1) is 26.7. The fraction of sp³-hybridized carbons (Fsp3) is 0.741. The Labute approximate surface area is 199 Å². The number of aliphatic hydroxyl groups excluding tert-OH is 1. The zero-order valence-electron chi connectivity index (χ0n) is 19.8. The molecule has 1 heterocycles. The predicted octanol–water partition coefficient (Wildman–Crippen LogP) is 9.40. The lowest BCUT2D eigenvalue weighted by molar-refractivity contribution is 0.185. The van der Waals surface area contributed by atoms with Gasteiger partial charge in [0.15, 0.2) is 4.34 Å². The molecule has 0 aliphatic rings. The second-order valence-electron chi connectivity index (χ2n) is 9.00. The van der Waals surface area contributed by atoms with Crippen LogP contribution in [-0.2, 0) is 0 Å². The van der Waals surface area contributed by atoms with Gasteiger partial charge in [0, 0.05) is 5.75 Å². The third kappa shape index (κ3) is 12.9. The van der Waals surface area contributed by atoms with E-state index < -0.39 is 0 Å². The summed E-state index contributed by atoms with van der Waals surface area (Å²) in [6, 6.07) is 8.26. The number of hydrogen-bond donors (Lipinski definition) is 1. The molecule has 2 aromatic rings. The van der Waals surface area contributed by atoms with Gasteiger partial charge >= 0.3 is 0 Å². The standard InChI is InChI=1S/C27H45NOS2/c1-2-3-4-5-6-7-8-9-10-11-12-13-14-15-16-17-20-24(29)23-30-27-28-25-21-18-19-22-26(25)31-27/h18-19,21-22,24,29H,2-17,20,23H2,1H3. The Balaban J connectivity index is 1.32. The quantitative estimate of drug-likeness (QED) is 0.157. The van der Waals surface area contributed by atoms with E-state index in [9.17, 15) is 5.11 Å². The Morgan fingerprint density at radius 1 is 0.774 bits per heavy atom. The zero-order chi connectivity index (χ0) is 22.0. The predicted molar refractivity (Wildman–Crippen MR) is 141 cm³/mol. The second kappa shape index (κ2) is 17.9. The molecule has 0 aliphatic carbocycles. The van der Waals surface area contributed by atoms with Gasteiger partial charge in [-0.05, 0) is 18.6 Å². The SMILES string of the molecule is CCCCCCCCCCCCCCCCCCC(O)CSc1nc2ccccc2s1. The summed E-state index contributed by atoms with van der Waals surface area (Å²) >= 11 is 3.43. The molecule has 4 heteroatoms. The summed E-state index contributed by atoms with van der Waals surface area (Å²) in [5, 5.41) is 10.3. The summed E-state index contributed by atoms with van der Waals surface area (Å²) in [5.41, 5.74) is 1.07. The molecular formula is C27H45NOS2. The normalized spacial score (nSPS) is 12.6. The smallest absolute Gasteiger partial charge is 0.151 e. The van der Waals surface area contributed by atoms with Crippen LogP contribution < -0.4 is 0 Å². The van der Waals surface area contributed by atoms with Crippen molar-refractivity contribution in [2.75, 3.05) is 5.75 Å². The van der Waals surface area contributed by atoms with Crippen LogP contribution in [0.3, 0.4) is 0 Å². The maximum atomic E-state index is 10.3. The first-order chi connectivity index (χ1) is 15.3. The van der Waals surface area contributed by atoms with Crippen LogP contribution in [0.4, 0.5) is 0 Å². The number of nitrogens with zero attached hydrogens (tertiary/aromatic N) is 1. The van der Waals surface area contributed by atoms with E-state index in [1.807, 2.05) is 6.07 Å². The van der Waals surface area contributed by atoms with Gasteiger partial charge in [-0.25, -0.2) is 4.98 Å². The highest BCUT2D eigenvalue weighted by molar-refractivity contribution is 8.01. The Bertz CT molecular complexity index is 639. The average molecular weight is 464 g/mol. The van der Waals surface area contributed by atoms with Crippen molar-refractivity contribution >= 4 is 33.3 Å². The average Bonchev–Trinajstić information content (AvgIpc) is 3.20. The van der Waals surface area contributed by atoms with Crippen LogP contribution in [0.5, 0.6) is 0 Å². The molecule has 2 rings (SSSR count). The van der Waals surface area contributed by atoms with E-state index >= 15 is 0 Å². The minimum Gasteiger partial charge on any atom is -0.392 e. The highest BCUT2D eigenvalue weighted by Gasteiger charge is 2.08. The van der Waals surface area contributed by atoms with E-state index in [2.05, 4.69) is 30.1 Å². The van der Waals surface area contributed by atoms with Crippen LogP contribution in [0, 0.1) is 0 Å². The topological polar surface area (TPSA) is 33.1 Å². The highest BCUT2D eigenvalue weighted by atomic mass is 32.2. The van der Waals surface area contributed by atoms with Crippen molar-refractivity contribution in [3.05, 3.63) is 24.3 Å². The molecule has 0 spiro atoms. The number of aromatic nitrogens is 1. The Morgan fingerprint density at radius 2 is 1.29 bits per heavy atom. The van der Waals surface area contributed by atoms with Gasteiger partial charge in [-0.2, -0.15) is 0 Å². The van der Waals surface area contributed by atoms with Gasteiger partial charge in [-0.15, -0.1) is 11.3 Å². The van der Waals surface area contributed by atoms with Crippen molar-refractivity contribution in [2.24, 2.45) is 0 Å². The van der Waals surface area contributed by atoms with Gasteiger partial charge in [0.1, 0.15) is 0 Å². The molecule has 1 aromatic carbocycles. The van der Waals surface area contributed by atoms with Crippen LogP contribution in [0.2, 0.25) is 0 Å². The van der Waals surface area contributed by atoms with Crippen LogP contribution in [0.1, 0.15) is 116 Å². The summed E-state index contributed by atoms with van der Waals surface area (Å²) in [4.78, 5) is 4.63.